The minimum absolute atomic E-state index is 0.180. The standard InChI is InChI=1S/C13H15BrF2N2O/c1-17-9-3-2-4-18(7-9)13(19)12-10(15)5-8(14)6-11(12)16/h5-6,9,17H,2-4,7H2,1H3/t9-/m0/s1. The zero-order valence-electron chi connectivity index (χ0n) is 10.5. The van der Waals surface area contributed by atoms with E-state index in [1.165, 1.54) is 4.90 Å². The number of likely N-dealkylation sites (N-methyl/N-ethyl adjacent to an activating group) is 1. The fourth-order valence-electron chi connectivity index (χ4n) is 2.30. The Morgan fingerprint density at radius 2 is 2.05 bits per heavy atom. The first kappa shape index (κ1) is 14.4. The van der Waals surface area contributed by atoms with Crippen LogP contribution in [0.5, 0.6) is 0 Å². The highest BCUT2D eigenvalue weighted by molar-refractivity contribution is 9.10. The van der Waals surface area contributed by atoms with Crippen LogP contribution in [-0.2, 0) is 0 Å². The van der Waals surface area contributed by atoms with E-state index in [0.29, 0.717) is 13.1 Å². The van der Waals surface area contributed by atoms with Gasteiger partial charge in [0.1, 0.15) is 17.2 Å². The Kier molecular flexibility index (Phi) is 4.52. The summed E-state index contributed by atoms with van der Waals surface area (Å²) in [7, 11) is 1.82. The lowest BCUT2D eigenvalue weighted by molar-refractivity contribution is 0.0688. The maximum absolute atomic E-state index is 13.8. The van der Waals surface area contributed by atoms with E-state index in [4.69, 9.17) is 0 Å². The van der Waals surface area contributed by atoms with Gasteiger partial charge in [0.05, 0.1) is 0 Å². The summed E-state index contributed by atoms with van der Waals surface area (Å²) in [5.74, 6) is -2.24. The fourth-order valence-corrected chi connectivity index (χ4v) is 2.70. The first-order chi connectivity index (χ1) is 9.02. The molecule has 0 radical (unpaired) electrons. The number of nitrogens with zero attached hydrogens (tertiary/aromatic N) is 1. The van der Waals surface area contributed by atoms with Crippen molar-refractivity contribution in [2.75, 3.05) is 20.1 Å². The molecular formula is C13H15BrF2N2O. The highest BCUT2D eigenvalue weighted by Crippen LogP contribution is 2.22. The Bertz CT molecular complexity index is 473. The first-order valence-corrected chi connectivity index (χ1v) is 6.93. The minimum Gasteiger partial charge on any atom is -0.337 e. The molecule has 104 valence electrons. The molecule has 2 rings (SSSR count). The Balaban J connectivity index is 2.24. The summed E-state index contributed by atoms with van der Waals surface area (Å²) in [6.07, 6.45) is 1.79. The topological polar surface area (TPSA) is 32.3 Å². The maximum Gasteiger partial charge on any atom is 0.259 e. The van der Waals surface area contributed by atoms with Gasteiger partial charge in [0, 0.05) is 23.6 Å². The molecule has 1 aliphatic heterocycles. The maximum atomic E-state index is 13.8. The van der Waals surface area contributed by atoms with Crippen LogP contribution < -0.4 is 5.32 Å². The molecule has 0 aliphatic carbocycles. The van der Waals surface area contributed by atoms with Crippen molar-refractivity contribution in [3.05, 3.63) is 33.8 Å². The first-order valence-electron chi connectivity index (χ1n) is 6.14. The van der Waals surface area contributed by atoms with Crippen molar-refractivity contribution in [2.45, 2.75) is 18.9 Å². The van der Waals surface area contributed by atoms with E-state index in [0.717, 1.165) is 25.0 Å². The molecule has 0 aromatic heterocycles. The van der Waals surface area contributed by atoms with Gasteiger partial charge < -0.3 is 10.2 Å². The molecule has 0 bridgehead atoms. The van der Waals surface area contributed by atoms with Crippen LogP contribution in [0.4, 0.5) is 8.78 Å². The van der Waals surface area contributed by atoms with Gasteiger partial charge in [-0.3, -0.25) is 4.79 Å². The van der Waals surface area contributed by atoms with Crippen molar-refractivity contribution < 1.29 is 13.6 Å². The van der Waals surface area contributed by atoms with Gasteiger partial charge in [0.25, 0.3) is 5.91 Å². The van der Waals surface area contributed by atoms with Crippen LogP contribution in [0.15, 0.2) is 16.6 Å². The van der Waals surface area contributed by atoms with Crippen molar-refractivity contribution in [1.82, 2.24) is 10.2 Å². The van der Waals surface area contributed by atoms with Gasteiger partial charge in [-0.2, -0.15) is 0 Å². The van der Waals surface area contributed by atoms with Crippen molar-refractivity contribution in [1.29, 1.82) is 0 Å². The molecule has 1 N–H and O–H groups in total. The summed E-state index contributed by atoms with van der Waals surface area (Å²) in [6.45, 7) is 1.01. The summed E-state index contributed by atoms with van der Waals surface area (Å²) in [5.41, 5.74) is -0.472. The summed E-state index contributed by atoms with van der Waals surface area (Å²) in [6, 6.07) is 2.39. The molecule has 1 aliphatic rings. The van der Waals surface area contributed by atoms with E-state index in [-0.39, 0.29) is 10.5 Å². The van der Waals surface area contributed by atoms with Crippen LogP contribution in [0.25, 0.3) is 0 Å². The second-order valence-corrected chi connectivity index (χ2v) is 5.54. The second-order valence-electron chi connectivity index (χ2n) is 4.62. The molecular weight excluding hydrogens is 318 g/mol. The lowest BCUT2D eigenvalue weighted by Crippen LogP contribution is -2.47. The van der Waals surface area contributed by atoms with E-state index >= 15 is 0 Å². The summed E-state index contributed by atoms with van der Waals surface area (Å²) < 4.78 is 27.8. The molecule has 1 atom stereocenters. The molecule has 0 saturated carbocycles. The molecule has 1 fully saturated rings. The van der Waals surface area contributed by atoms with Gasteiger partial charge in [0.2, 0.25) is 0 Å². The van der Waals surface area contributed by atoms with E-state index in [9.17, 15) is 13.6 Å². The number of amides is 1. The van der Waals surface area contributed by atoms with Gasteiger partial charge in [-0.05, 0) is 32.0 Å². The van der Waals surface area contributed by atoms with Gasteiger partial charge in [-0.15, -0.1) is 0 Å². The number of rotatable bonds is 2. The smallest absolute Gasteiger partial charge is 0.259 e. The van der Waals surface area contributed by atoms with Crippen molar-refractivity contribution >= 4 is 21.8 Å². The molecule has 0 unspecified atom stereocenters. The van der Waals surface area contributed by atoms with Crippen LogP contribution in [0.2, 0.25) is 0 Å². The third-order valence-electron chi connectivity index (χ3n) is 3.34. The molecule has 0 spiro atoms. The SMILES string of the molecule is CN[C@H]1CCCN(C(=O)c2c(F)cc(Br)cc2F)C1. The van der Waals surface area contributed by atoms with Crippen molar-refractivity contribution in [2.24, 2.45) is 0 Å². The molecule has 1 amide bonds. The van der Waals surface area contributed by atoms with Crippen molar-refractivity contribution in [3.8, 4) is 0 Å². The van der Waals surface area contributed by atoms with Crippen molar-refractivity contribution in [3.63, 3.8) is 0 Å². The highest BCUT2D eigenvalue weighted by Gasteiger charge is 2.27. The van der Waals surface area contributed by atoms with Gasteiger partial charge >= 0.3 is 0 Å². The molecule has 3 nitrogen and oxygen atoms in total. The number of nitrogens with one attached hydrogen (secondary N) is 1. The molecule has 1 heterocycles. The number of piperidine rings is 1. The third kappa shape index (κ3) is 3.12. The van der Waals surface area contributed by atoms with E-state index in [2.05, 4.69) is 21.2 Å². The predicted octanol–water partition coefficient (Wildman–Crippen LogP) is 2.55. The van der Waals surface area contributed by atoms with Crippen LogP contribution in [0.3, 0.4) is 0 Å². The van der Waals surface area contributed by atoms with Gasteiger partial charge in [0.15, 0.2) is 0 Å². The van der Waals surface area contributed by atoms with Crippen LogP contribution in [-0.4, -0.2) is 37.0 Å². The summed E-state index contributed by atoms with van der Waals surface area (Å²) in [5, 5.41) is 3.09. The fraction of sp³-hybridized carbons (Fsp3) is 0.462. The van der Waals surface area contributed by atoms with E-state index in [1.54, 1.807) is 0 Å². The van der Waals surface area contributed by atoms with Gasteiger partial charge in [-0.25, -0.2) is 8.78 Å². The average Bonchev–Trinajstić information content (AvgIpc) is 2.37. The second kappa shape index (κ2) is 5.96. The largest absolute Gasteiger partial charge is 0.337 e. The minimum atomic E-state index is -0.830. The number of carbonyl (C=O) groups is 1. The lowest BCUT2D eigenvalue weighted by Gasteiger charge is -2.32. The summed E-state index contributed by atoms with van der Waals surface area (Å²) in [4.78, 5) is 13.7. The third-order valence-corrected chi connectivity index (χ3v) is 3.80. The quantitative estimate of drug-likeness (QED) is 0.902. The molecule has 6 heteroatoms. The Morgan fingerprint density at radius 1 is 1.42 bits per heavy atom. The average molecular weight is 333 g/mol. The van der Waals surface area contributed by atoms with E-state index in [1.807, 2.05) is 7.05 Å². The monoisotopic (exact) mass is 332 g/mol. The van der Waals surface area contributed by atoms with Crippen LogP contribution >= 0.6 is 15.9 Å². The lowest BCUT2D eigenvalue weighted by atomic mass is 10.0. The number of benzene rings is 1. The Labute approximate surface area is 119 Å². The number of hydrogen-bond donors (Lipinski definition) is 1. The normalized spacial score (nSPS) is 19.6. The summed E-state index contributed by atoms with van der Waals surface area (Å²) >= 11 is 3.00. The number of halogens is 3. The number of carbonyl (C=O) groups excluding carboxylic acids is 1. The molecule has 1 aromatic carbocycles. The Hall–Kier alpha value is -1.01. The van der Waals surface area contributed by atoms with E-state index < -0.39 is 23.1 Å². The van der Waals surface area contributed by atoms with Crippen LogP contribution in [0, 0.1) is 11.6 Å². The predicted molar refractivity (Wildman–Crippen MR) is 72.0 cm³/mol. The van der Waals surface area contributed by atoms with Crippen LogP contribution in [0.1, 0.15) is 23.2 Å². The molecule has 19 heavy (non-hydrogen) atoms. The molecule has 1 aromatic rings. The Morgan fingerprint density at radius 3 is 2.63 bits per heavy atom. The number of hydrogen-bond acceptors (Lipinski definition) is 2. The molecule has 1 saturated heterocycles. The highest BCUT2D eigenvalue weighted by atomic mass is 79.9. The zero-order valence-corrected chi connectivity index (χ0v) is 12.1. The zero-order chi connectivity index (χ0) is 14.0. The van der Waals surface area contributed by atoms with Gasteiger partial charge in [-0.1, -0.05) is 15.9 Å². The number of likely N-dealkylation sites (tertiary alicyclic amines) is 1.